The van der Waals surface area contributed by atoms with E-state index in [-0.39, 0.29) is 0 Å². The average Bonchev–Trinajstić information content (AvgIpc) is 2.15. The Kier molecular flexibility index (Phi) is 3.96. The summed E-state index contributed by atoms with van der Waals surface area (Å²) in [5.41, 5.74) is 0. The molecule has 13 heavy (non-hydrogen) atoms. The molecule has 0 amide bonds. The van der Waals surface area contributed by atoms with Gasteiger partial charge in [-0.3, -0.25) is 0 Å². The Hall–Kier alpha value is -0.830. The van der Waals surface area contributed by atoms with Crippen molar-refractivity contribution in [2.45, 2.75) is 13.3 Å². The predicted octanol–water partition coefficient (Wildman–Crippen LogP) is 1.19. The lowest BCUT2D eigenvalue weighted by Gasteiger charge is -2.33. The first-order chi connectivity index (χ1) is 6.24. The molecule has 0 unspecified atom stereocenters. The second-order valence-corrected chi connectivity index (χ2v) is 3.43. The second kappa shape index (κ2) is 5.02. The Bertz CT molecular complexity index is 190. The van der Waals surface area contributed by atoms with E-state index in [1.807, 2.05) is 6.21 Å². The highest BCUT2D eigenvalue weighted by molar-refractivity contribution is 5.58. The number of hydrogen-bond donors (Lipinski definition) is 0. The van der Waals surface area contributed by atoms with Gasteiger partial charge in [-0.15, -0.1) is 0 Å². The predicted molar refractivity (Wildman–Crippen MR) is 57.0 cm³/mol. The molecule has 0 aliphatic carbocycles. The molecule has 0 N–H and O–H groups in total. The first-order valence-corrected chi connectivity index (χ1v) is 4.89. The van der Waals surface area contributed by atoms with Crippen LogP contribution in [0.25, 0.3) is 0 Å². The van der Waals surface area contributed by atoms with E-state index in [9.17, 15) is 0 Å². The molecule has 0 radical (unpaired) electrons. The molecular formula is C10H19N3. The van der Waals surface area contributed by atoms with Gasteiger partial charge in [-0.05, 0) is 13.5 Å². The maximum Gasteiger partial charge on any atom is 0.120 e. The van der Waals surface area contributed by atoms with Crippen LogP contribution in [-0.2, 0) is 0 Å². The number of nitrogens with zero attached hydrogens (tertiary/aromatic N) is 3. The first-order valence-electron chi connectivity index (χ1n) is 4.89. The summed E-state index contributed by atoms with van der Waals surface area (Å²) in [4.78, 5) is 8.85. The molecule has 0 aromatic carbocycles. The van der Waals surface area contributed by atoms with E-state index in [0.717, 1.165) is 38.4 Å². The van der Waals surface area contributed by atoms with Gasteiger partial charge in [-0.2, -0.15) is 0 Å². The summed E-state index contributed by atoms with van der Waals surface area (Å²) in [6, 6.07) is 0. The summed E-state index contributed by atoms with van der Waals surface area (Å²) in [7, 11) is 2.15. The third kappa shape index (κ3) is 3.19. The molecule has 1 aliphatic heterocycles. The molecule has 1 heterocycles. The highest BCUT2D eigenvalue weighted by atomic mass is 15.3. The Morgan fingerprint density at radius 3 is 2.54 bits per heavy atom. The van der Waals surface area contributed by atoms with Gasteiger partial charge in [0.2, 0.25) is 0 Å². The monoisotopic (exact) mass is 181 g/mol. The van der Waals surface area contributed by atoms with Gasteiger partial charge >= 0.3 is 0 Å². The lowest BCUT2D eigenvalue weighted by atomic mass is 10.3. The van der Waals surface area contributed by atoms with E-state index in [0.29, 0.717) is 0 Å². The summed E-state index contributed by atoms with van der Waals surface area (Å²) in [5, 5.41) is 0. The van der Waals surface area contributed by atoms with Crippen LogP contribution in [0, 0.1) is 0 Å². The molecule has 3 heteroatoms. The van der Waals surface area contributed by atoms with Gasteiger partial charge in [-0.1, -0.05) is 13.5 Å². The summed E-state index contributed by atoms with van der Waals surface area (Å²) in [5.74, 6) is 0.912. The van der Waals surface area contributed by atoms with Crippen LogP contribution in [0.5, 0.6) is 0 Å². The van der Waals surface area contributed by atoms with Gasteiger partial charge in [0.15, 0.2) is 0 Å². The van der Waals surface area contributed by atoms with Gasteiger partial charge < -0.3 is 9.80 Å². The van der Waals surface area contributed by atoms with Crippen LogP contribution in [0.1, 0.15) is 13.3 Å². The minimum atomic E-state index is 0.912. The number of piperazine rings is 1. The minimum absolute atomic E-state index is 0.912. The van der Waals surface area contributed by atoms with Crippen LogP contribution in [0.4, 0.5) is 0 Å². The van der Waals surface area contributed by atoms with Crippen molar-refractivity contribution in [2.75, 3.05) is 33.2 Å². The van der Waals surface area contributed by atoms with Crippen LogP contribution >= 0.6 is 0 Å². The molecule has 1 rings (SSSR count). The highest BCUT2D eigenvalue weighted by Crippen LogP contribution is 2.07. The molecule has 0 spiro atoms. The Balaban J connectivity index is 2.36. The molecule has 0 aromatic heterocycles. The molecule has 0 bridgehead atoms. The molecule has 3 nitrogen and oxygen atoms in total. The molecule has 0 atom stereocenters. The van der Waals surface area contributed by atoms with E-state index >= 15 is 0 Å². The van der Waals surface area contributed by atoms with Crippen molar-refractivity contribution < 1.29 is 0 Å². The van der Waals surface area contributed by atoms with Crippen LogP contribution in [-0.4, -0.2) is 49.2 Å². The van der Waals surface area contributed by atoms with Crippen LogP contribution < -0.4 is 0 Å². The maximum absolute atomic E-state index is 4.28. The molecule has 1 fully saturated rings. The summed E-state index contributed by atoms with van der Waals surface area (Å²) < 4.78 is 0. The fourth-order valence-electron chi connectivity index (χ4n) is 1.34. The standard InChI is InChI=1S/C10H19N3/c1-4-5-11-10(2)13-8-6-12(3)7-9-13/h5H,2,4,6-9H2,1,3H3/b11-5-. The Morgan fingerprint density at radius 2 is 2.00 bits per heavy atom. The zero-order valence-electron chi connectivity index (χ0n) is 8.66. The molecular weight excluding hydrogens is 162 g/mol. The SMILES string of the molecule is C=C(/N=C\CC)N1CCN(C)CC1. The van der Waals surface area contributed by atoms with Crippen molar-refractivity contribution in [3.05, 3.63) is 12.4 Å². The number of rotatable bonds is 3. The van der Waals surface area contributed by atoms with Gasteiger partial charge in [0.1, 0.15) is 5.82 Å². The van der Waals surface area contributed by atoms with Crippen molar-refractivity contribution in [1.82, 2.24) is 9.80 Å². The Morgan fingerprint density at radius 1 is 1.38 bits per heavy atom. The first kappa shape index (κ1) is 10.3. The molecule has 1 saturated heterocycles. The van der Waals surface area contributed by atoms with Crippen LogP contribution in [0.2, 0.25) is 0 Å². The Labute approximate surface area is 80.7 Å². The zero-order valence-corrected chi connectivity index (χ0v) is 8.66. The highest BCUT2D eigenvalue weighted by Gasteiger charge is 2.13. The van der Waals surface area contributed by atoms with Crippen molar-refractivity contribution in [3.63, 3.8) is 0 Å². The van der Waals surface area contributed by atoms with Crippen molar-refractivity contribution >= 4 is 6.21 Å². The summed E-state index contributed by atoms with van der Waals surface area (Å²) in [6.07, 6.45) is 2.90. The maximum atomic E-state index is 4.28. The van der Waals surface area contributed by atoms with Gasteiger partial charge in [0, 0.05) is 32.4 Å². The summed E-state index contributed by atoms with van der Waals surface area (Å²) >= 11 is 0. The number of aliphatic imine (C=N–C) groups is 1. The molecule has 0 aromatic rings. The van der Waals surface area contributed by atoms with Crippen molar-refractivity contribution in [1.29, 1.82) is 0 Å². The topological polar surface area (TPSA) is 18.8 Å². The van der Waals surface area contributed by atoms with Gasteiger partial charge in [0.25, 0.3) is 0 Å². The summed E-state index contributed by atoms with van der Waals surface area (Å²) in [6.45, 7) is 10.4. The van der Waals surface area contributed by atoms with Crippen molar-refractivity contribution in [3.8, 4) is 0 Å². The van der Waals surface area contributed by atoms with E-state index in [2.05, 4.69) is 35.3 Å². The second-order valence-electron chi connectivity index (χ2n) is 3.43. The van der Waals surface area contributed by atoms with E-state index in [1.165, 1.54) is 0 Å². The number of likely N-dealkylation sites (N-methyl/N-ethyl adjacent to an activating group) is 1. The minimum Gasteiger partial charge on any atom is -0.355 e. The van der Waals surface area contributed by atoms with E-state index < -0.39 is 0 Å². The van der Waals surface area contributed by atoms with Crippen LogP contribution in [0.3, 0.4) is 0 Å². The molecule has 74 valence electrons. The van der Waals surface area contributed by atoms with E-state index in [4.69, 9.17) is 0 Å². The number of hydrogen-bond acceptors (Lipinski definition) is 3. The largest absolute Gasteiger partial charge is 0.355 e. The smallest absolute Gasteiger partial charge is 0.120 e. The lowest BCUT2D eigenvalue weighted by Crippen LogP contribution is -2.43. The van der Waals surface area contributed by atoms with E-state index in [1.54, 1.807) is 0 Å². The van der Waals surface area contributed by atoms with Gasteiger partial charge in [-0.25, -0.2) is 4.99 Å². The fourth-order valence-corrected chi connectivity index (χ4v) is 1.34. The molecule has 1 aliphatic rings. The van der Waals surface area contributed by atoms with Gasteiger partial charge in [0.05, 0.1) is 0 Å². The quantitative estimate of drug-likeness (QED) is 0.609. The normalized spacial score (nSPS) is 19.7. The average molecular weight is 181 g/mol. The third-order valence-corrected chi connectivity index (χ3v) is 2.29. The third-order valence-electron chi connectivity index (χ3n) is 2.29. The zero-order chi connectivity index (χ0) is 9.68. The fraction of sp³-hybridized carbons (Fsp3) is 0.700. The van der Waals surface area contributed by atoms with Crippen molar-refractivity contribution in [2.24, 2.45) is 4.99 Å². The molecule has 0 saturated carbocycles. The van der Waals surface area contributed by atoms with Crippen LogP contribution in [0.15, 0.2) is 17.4 Å². The lowest BCUT2D eigenvalue weighted by molar-refractivity contribution is 0.186.